The number of esters is 1. The van der Waals surface area contributed by atoms with Crippen molar-refractivity contribution in [2.45, 2.75) is 116 Å². The van der Waals surface area contributed by atoms with E-state index < -0.39 is 0 Å². The zero-order valence-electron chi connectivity index (χ0n) is 16.5. The van der Waals surface area contributed by atoms with Gasteiger partial charge < -0.3 is 9.84 Å². The summed E-state index contributed by atoms with van der Waals surface area (Å²) in [5.74, 6) is -0.0261. The maximum absolute atomic E-state index is 11.6. The highest BCUT2D eigenvalue weighted by Crippen LogP contribution is 2.31. The molecule has 0 unspecified atom stereocenters. The maximum Gasteiger partial charge on any atom is 0.313 e. The summed E-state index contributed by atoms with van der Waals surface area (Å²) >= 11 is 0. The van der Waals surface area contributed by atoms with Gasteiger partial charge in [0.05, 0.1) is 12.0 Å². The lowest BCUT2D eigenvalue weighted by atomic mass is 9.87. The molecule has 0 saturated carbocycles. The van der Waals surface area contributed by atoms with E-state index in [0.717, 1.165) is 32.1 Å². The Morgan fingerprint density at radius 3 is 2.28 bits per heavy atom. The smallest absolute Gasteiger partial charge is 0.313 e. The Hall–Kier alpha value is -0.830. The van der Waals surface area contributed by atoms with E-state index in [4.69, 9.17) is 4.74 Å². The van der Waals surface area contributed by atoms with Crippen molar-refractivity contribution in [1.29, 1.82) is 0 Å². The zero-order valence-corrected chi connectivity index (χ0v) is 16.5. The predicted octanol–water partition coefficient (Wildman–Crippen LogP) is 5.95. The fraction of sp³-hybridized carbons (Fsp3) is 0.864. The van der Waals surface area contributed by atoms with E-state index in [0.29, 0.717) is 6.42 Å². The molecule has 1 rings (SSSR count). The van der Waals surface area contributed by atoms with Gasteiger partial charge in [-0.15, -0.1) is 0 Å². The van der Waals surface area contributed by atoms with Crippen LogP contribution >= 0.6 is 0 Å². The van der Waals surface area contributed by atoms with E-state index in [2.05, 4.69) is 26.0 Å². The number of aliphatic hydroxyl groups excluding tert-OH is 1. The summed E-state index contributed by atoms with van der Waals surface area (Å²) in [5.41, 5.74) is 0. The van der Waals surface area contributed by atoms with Crippen LogP contribution in [-0.4, -0.2) is 23.3 Å². The predicted molar refractivity (Wildman–Crippen MR) is 105 cm³/mol. The molecule has 1 N–H and O–H groups in total. The van der Waals surface area contributed by atoms with Gasteiger partial charge in [-0.2, -0.15) is 0 Å². The highest BCUT2D eigenvalue weighted by Gasteiger charge is 2.42. The number of ether oxygens (including phenoxy) is 1. The van der Waals surface area contributed by atoms with Crippen LogP contribution in [0.2, 0.25) is 0 Å². The first kappa shape index (κ1) is 22.2. The van der Waals surface area contributed by atoms with Crippen LogP contribution < -0.4 is 0 Å². The largest absolute Gasteiger partial charge is 0.461 e. The fourth-order valence-electron chi connectivity index (χ4n) is 3.48. The van der Waals surface area contributed by atoms with Crippen molar-refractivity contribution in [1.82, 2.24) is 0 Å². The lowest BCUT2D eigenvalue weighted by Gasteiger charge is -2.36. The first-order chi connectivity index (χ1) is 12.2. The number of rotatable bonds is 16. The molecule has 0 aromatic heterocycles. The third-order valence-electron chi connectivity index (χ3n) is 5.20. The molecule has 1 saturated heterocycles. The molecule has 3 heteroatoms. The Kier molecular flexibility index (Phi) is 12.8. The molecule has 0 radical (unpaired) electrons. The van der Waals surface area contributed by atoms with Crippen LogP contribution in [0.15, 0.2) is 12.2 Å². The Bertz CT molecular complexity index is 364. The van der Waals surface area contributed by atoms with Crippen LogP contribution in [-0.2, 0) is 9.53 Å². The molecule has 1 aliphatic rings. The van der Waals surface area contributed by atoms with Crippen molar-refractivity contribution < 1.29 is 14.6 Å². The number of allylic oxidation sites excluding steroid dienone is 2. The number of hydrogen-bond donors (Lipinski definition) is 1. The monoisotopic (exact) mass is 352 g/mol. The highest BCUT2D eigenvalue weighted by atomic mass is 16.6. The standard InChI is InChI=1S/C22H40O3/c1-3-5-7-9-10-11-12-13-14-16-19(23)18-21-20(22(24)25-21)17-15-8-6-4-2/h12-13,19-21,23H,3-11,14-18H2,1-2H3/b13-12-/t19-,20-,21-/m1/s1. The summed E-state index contributed by atoms with van der Waals surface area (Å²) in [6.07, 6.45) is 19.7. The van der Waals surface area contributed by atoms with Crippen molar-refractivity contribution in [2.75, 3.05) is 0 Å². The van der Waals surface area contributed by atoms with Crippen LogP contribution in [0.5, 0.6) is 0 Å². The minimum absolute atomic E-state index is 0.0326. The third kappa shape index (κ3) is 10.0. The van der Waals surface area contributed by atoms with Gasteiger partial charge in [-0.25, -0.2) is 0 Å². The first-order valence-corrected chi connectivity index (χ1v) is 10.7. The van der Waals surface area contributed by atoms with Crippen molar-refractivity contribution in [3.63, 3.8) is 0 Å². The van der Waals surface area contributed by atoms with Gasteiger partial charge in [0, 0.05) is 6.42 Å². The number of carbonyl (C=O) groups excluding carboxylic acids is 1. The van der Waals surface area contributed by atoms with E-state index in [1.165, 1.54) is 51.4 Å². The van der Waals surface area contributed by atoms with Crippen LogP contribution in [0.4, 0.5) is 0 Å². The van der Waals surface area contributed by atoms with Crippen molar-refractivity contribution in [3.8, 4) is 0 Å². The Morgan fingerprint density at radius 2 is 1.60 bits per heavy atom. The summed E-state index contributed by atoms with van der Waals surface area (Å²) < 4.78 is 5.25. The van der Waals surface area contributed by atoms with Crippen LogP contribution in [0.3, 0.4) is 0 Å². The first-order valence-electron chi connectivity index (χ1n) is 10.7. The average molecular weight is 353 g/mol. The summed E-state index contributed by atoms with van der Waals surface area (Å²) in [7, 11) is 0. The lowest BCUT2D eigenvalue weighted by molar-refractivity contribution is -0.188. The SMILES string of the molecule is CCCCCCC/C=C\CC[C@@H](O)C[C@H]1OC(=O)[C@@H]1CCCCCC. The summed E-state index contributed by atoms with van der Waals surface area (Å²) in [6, 6.07) is 0. The van der Waals surface area contributed by atoms with Gasteiger partial charge in [0.1, 0.15) is 6.10 Å². The number of cyclic esters (lactones) is 1. The third-order valence-corrected chi connectivity index (χ3v) is 5.20. The topological polar surface area (TPSA) is 46.5 Å². The van der Waals surface area contributed by atoms with E-state index >= 15 is 0 Å². The molecule has 0 bridgehead atoms. The van der Waals surface area contributed by atoms with Crippen molar-refractivity contribution >= 4 is 5.97 Å². The van der Waals surface area contributed by atoms with Gasteiger partial charge in [-0.05, 0) is 32.1 Å². The molecule has 146 valence electrons. The molecule has 25 heavy (non-hydrogen) atoms. The molecule has 0 aliphatic carbocycles. The second-order valence-corrected chi connectivity index (χ2v) is 7.57. The molecule has 1 aliphatic heterocycles. The maximum atomic E-state index is 11.6. The quantitative estimate of drug-likeness (QED) is 0.212. The second-order valence-electron chi connectivity index (χ2n) is 7.57. The summed E-state index contributed by atoms with van der Waals surface area (Å²) in [4.78, 5) is 11.6. The van der Waals surface area contributed by atoms with Crippen molar-refractivity contribution in [3.05, 3.63) is 12.2 Å². The van der Waals surface area contributed by atoms with Gasteiger partial charge in [0.15, 0.2) is 0 Å². The highest BCUT2D eigenvalue weighted by molar-refractivity contribution is 5.78. The van der Waals surface area contributed by atoms with E-state index in [1.54, 1.807) is 0 Å². The Morgan fingerprint density at radius 1 is 0.960 bits per heavy atom. The normalized spacial score (nSPS) is 21.3. The van der Waals surface area contributed by atoms with Gasteiger partial charge in [-0.3, -0.25) is 4.79 Å². The van der Waals surface area contributed by atoms with Gasteiger partial charge >= 0.3 is 5.97 Å². The molecular formula is C22H40O3. The molecule has 1 heterocycles. The van der Waals surface area contributed by atoms with E-state index in [1.807, 2.05) is 0 Å². The van der Waals surface area contributed by atoms with Crippen LogP contribution in [0.25, 0.3) is 0 Å². The Balaban J connectivity index is 2.05. The number of hydrogen-bond acceptors (Lipinski definition) is 3. The van der Waals surface area contributed by atoms with Gasteiger partial charge in [0.25, 0.3) is 0 Å². The van der Waals surface area contributed by atoms with E-state index in [-0.39, 0.29) is 24.1 Å². The van der Waals surface area contributed by atoms with Crippen molar-refractivity contribution in [2.24, 2.45) is 5.92 Å². The Labute approximate surface area is 155 Å². The number of unbranched alkanes of at least 4 members (excludes halogenated alkanes) is 8. The molecule has 0 amide bonds. The molecule has 3 nitrogen and oxygen atoms in total. The number of aliphatic hydroxyl groups is 1. The van der Waals surface area contributed by atoms with E-state index in [9.17, 15) is 9.90 Å². The molecule has 0 aromatic carbocycles. The fourth-order valence-corrected chi connectivity index (χ4v) is 3.48. The zero-order chi connectivity index (χ0) is 18.3. The molecule has 3 atom stereocenters. The molecule has 0 aromatic rings. The van der Waals surface area contributed by atoms with Gasteiger partial charge in [-0.1, -0.05) is 77.4 Å². The number of carbonyl (C=O) groups is 1. The molecule has 0 spiro atoms. The average Bonchev–Trinajstić information content (AvgIpc) is 2.59. The summed E-state index contributed by atoms with van der Waals surface area (Å²) in [6.45, 7) is 4.43. The molecule has 1 fully saturated rings. The van der Waals surface area contributed by atoms with Crippen LogP contribution in [0.1, 0.15) is 104 Å². The molecular weight excluding hydrogens is 312 g/mol. The second kappa shape index (κ2) is 14.4. The minimum Gasteiger partial charge on any atom is -0.461 e. The van der Waals surface area contributed by atoms with Gasteiger partial charge in [0.2, 0.25) is 0 Å². The minimum atomic E-state index is -0.356. The summed E-state index contributed by atoms with van der Waals surface area (Å²) in [5, 5.41) is 10.2. The lowest BCUT2D eigenvalue weighted by Crippen LogP contribution is -2.46. The van der Waals surface area contributed by atoms with Crippen LogP contribution in [0, 0.1) is 5.92 Å².